The summed E-state index contributed by atoms with van der Waals surface area (Å²) in [6.07, 6.45) is 5.53. The topological polar surface area (TPSA) is 77.3 Å². The molecule has 7 heteroatoms. The molecule has 27 heavy (non-hydrogen) atoms. The summed E-state index contributed by atoms with van der Waals surface area (Å²) in [5.41, 5.74) is 3.43. The molecular weight excluding hydrogens is 344 g/mol. The Morgan fingerprint density at radius 2 is 2.04 bits per heavy atom. The van der Waals surface area contributed by atoms with Crippen LogP contribution in [-0.4, -0.2) is 51.2 Å². The average molecular weight is 370 g/mol. The predicted molar refractivity (Wildman–Crippen MR) is 101 cm³/mol. The molecule has 2 aromatic heterocycles. The number of rotatable bonds is 5. The van der Waals surface area contributed by atoms with Crippen LogP contribution in [0.5, 0.6) is 0 Å². The van der Waals surface area contributed by atoms with E-state index < -0.39 is 0 Å². The lowest BCUT2D eigenvalue weighted by Crippen LogP contribution is -2.39. The van der Waals surface area contributed by atoms with Crippen molar-refractivity contribution >= 4 is 11.9 Å². The van der Waals surface area contributed by atoms with Crippen LogP contribution in [0.4, 0.5) is 0 Å². The van der Waals surface area contributed by atoms with Crippen molar-refractivity contribution in [3.8, 4) is 11.1 Å². The summed E-state index contributed by atoms with van der Waals surface area (Å²) in [6, 6.07) is 3.73. The summed E-state index contributed by atoms with van der Waals surface area (Å²) in [5.74, 6) is 0.0712. The monoisotopic (exact) mass is 370 g/mol. The Labute approximate surface area is 159 Å². The third kappa shape index (κ3) is 4.35. The van der Waals surface area contributed by atoms with Crippen molar-refractivity contribution in [3.05, 3.63) is 35.9 Å². The SMILES string of the molecule is CCOC(=O)CC1CCN(C(=O)c2cc(-c3cnn(C)c3C)ccn2)CC1. The van der Waals surface area contributed by atoms with Gasteiger partial charge in [-0.2, -0.15) is 5.10 Å². The standard InChI is InChI=1S/C20H26N4O3/c1-4-27-19(25)11-15-6-9-24(10-7-15)20(26)18-12-16(5-8-21-18)17-13-22-23(3)14(17)2/h5,8,12-13,15H,4,6-7,9-11H2,1-3H3. The van der Waals surface area contributed by atoms with E-state index >= 15 is 0 Å². The number of aryl methyl sites for hydroxylation is 1. The summed E-state index contributed by atoms with van der Waals surface area (Å²) in [7, 11) is 1.90. The van der Waals surface area contributed by atoms with Crippen LogP contribution in [0.25, 0.3) is 11.1 Å². The molecule has 1 aliphatic heterocycles. The number of piperidine rings is 1. The van der Waals surface area contributed by atoms with E-state index in [-0.39, 0.29) is 17.8 Å². The van der Waals surface area contributed by atoms with Gasteiger partial charge in [-0.05, 0) is 50.3 Å². The molecule has 0 atom stereocenters. The highest BCUT2D eigenvalue weighted by molar-refractivity contribution is 5.93. The van der Waals surface area contributed by atoms with Crippen LogP contribution in [0, 0.1) is 12.8 Å². The number of amides is 1. The Bertz CT molecular complexity index is 822. The van der Waals surface area contributed by atoms with Gasteiger partial charge in [0.05, 0.1) is 12.8 Å². The van der Waals surface area contributed by atoms with E-state index in [9.17, 15) is 9.59 Å². The second-order valence-electron chi connectivity index (χ2n) is 6.94. The third-order valence-electron chi connectivity index (χ3n) is 5.19. The number of aromatic nitrogens is 3. The maximum Gasteiger partial charge on any atom is 0.306 e. The van der Waals surface area contributed by atoms with Gasteiger partial charge in [0.25, 0.3) is 5.91 Å². The quantitative estimate of drug-likeness (QED) is 0.756. The van der Waals surface area contributed by atoms with Gasteiger partial charge in [-0.1, -0.05) is 0 Å². The van der Waals surface area contributed by atoms with Gasteiger partial charge >= 0.3 is 5.97 Å². The fourth-order valence-corrected chi connectivity index (χ4v) is 3.45. The van der Waals surface area contributed by atoms with Gasteiger partial charge in [0, 0.05) is 44.0 Å². The molecule has 7 nitrogen and oxygen atoms in total. The zero-order chi connectivity index (χ0) is 19.4. The minimum atomic E-state index is -0.150. The van der Waals surface area contributed by atoms with Crippen molar-refractivity contribution in [1.82, 2.24) is 19.7 Å². The molecule has 0 aliphatic carbocycles. The van der Waals surface area contributed by atoms with E-state index in [4.69, 9.17) is 4.74 Å². The zero-order valence-electron chi connectivity index (χ0n) is 16.1. The van der Waals surface area contributed by atoms with Crippen LogP contribution in [0.15, 0.2) is 24.5 Å². The normalized spacial score (nSPS) is 15.0. The van der Waals surface area contributed by atoms with Crippen molar-refractivity contribution in [2.75, 3.05) is 19.7 Å². The summed E-state index contributed by atoms with van der Waals surface area (Å²) < 4.78 is 6.83. The van der Waals surface area contributed by atoms with Gasteiger partial charge in [-0.15, -0.1) is 0 Å². The van der Waals surface area contributed by atoms with Gasteiger partial charge in [0.15, 0.2) is 0 Å². The lowest BCUT2D eigenvalue weighted by molar-refractivity contribution is -0.144. The first-order valence-electron chi connectivity index (χ1n) is 9.39. The van der Waals surface area contributed by atoms with E-state index in [2.05, 4.69) is 10.1 Å². The molecule has 0 radical (unpaired) electrons. The minimum absolute atomic E-state index is 0.0621. The maximum absolute atomic E-state index is 12.9. The number of esters is 1. The number of carbonyl (C=O) groups is 2. The maximum atomic E-state index is 12.9. The molecular formula is C20H26N4O3. The van der Waals surface area contributed by atoms with Gasteiger partial charge in [0.1, 0.15) is 5.69 Å². The summed E-state index contributed by atoms with van der Waals surface area (Å²) in [6.45, 7) is 5.50. The van der Waals surface area contributed by atoms with Gasteiger partial charge in [-0.3, -0.25) is 19.3 Å². The Morgan fingerprint density at radius 3 is 2.67 bits per heavy atom. The highest BCUT2D eigenvalue weighted by atomic mass is 16.5. The number of hydrogen-bond donors (Lipinski definition) is 0. The van der Waals surface area contributed by atoms with E-state index in [1.54, 1.807) is 12.4 Å². The zero-order valence-corrected chi connectivity index (χ0v) is 16.1. The summed E-state index contributed by atoms with van der Waals surface area (Å²) in [4.78, 5) is 30.6. The molecule has 1 aliphatic rings. The molecule has 0 saturated carbocycles. The third-order valence-corrected chi connectivity index (χ3v) is 5.19. The van der Waals surface area contributed by atoms with Gasteiger partial charge in [0.2, 0.25) is 0 Å². The molecule has 1 saturated heterocycles. The molecule has 2 aromatic rings. The molecule has 0 bridgehead atoms. The second-order valence-corrected chi connectivity index (χ2v) is 6.94. The number of hydrogen-bond acceptors (Lipinski definition) is 5. The minimum Gasteiger partial charge on any atom is -0.466 e. The molecule has 1 amide bonds. The van der Waals surface area contributed by atoms with Gasteiger partial charge in [-0.25, -0.2) is 0 Å². The number of nitrogens with zero attached hydrogens (tertiary/aromatic N) is 4. The lowest BCUT2D eigenvalue weighted by Gasteiger charge is -2.31. The van der Waals surface area contributed by atoms with Crippen LogP contribution in [-0.2, 0) is 16.6 Å². The predicted octanol–water partition coefficient (Wildman–Crippen LogP) is 2.60. The summed E-state index contributed by atoms with van der Waals surface area (Å²) in [5, 5.41) is 4.27. The van der Waals surface area contributed by atoms with Crippen LogP contribution >= 0.6 is 0 Å². The van der Waals surface area contributed by atoms with Crippen LogP contribution in [0.3, 0.4) is 0 Å². The molecule has 3 heterocycles. The molecule has 0 spiro atoms. The second kappa shape index (κ2) is 8.33. The van der Waals surface area contributed by atoms with E-state index in [0.717, 1.165) is 29.7 Å². The molecule has 0 unspecified atom stereocenters. The first-order valence-corrected chi connectivity index (χ1v) is 9.39. The Hall–Kier alpha value is -2.70. The van der Waals surface area contributed by atoms with E-state index in [0.29, 0.717) is 31.8 Å². The molecule has 1 fully saturated rings. The highest BCUT2D eigenvalue weighted by Gasteiger charge is 2.26. The number of pyridine rings is 1. The first-order chi connectivity index (χ1) is 13.0. The van der Waals surface area contributed by atoms with Crippen LogP contribution in [0.2, 0.25) is 0 Å². The summed E-state index contributed by atoms with van der Waals surface area (Å²) >= 11 is 0. The molecule has 0 N–H and O–H groups in total. The van der Waals surface area contributed by atoms with E-state index in [1.807, 2.05) is 42.6 Å². The lowest BCUT2D eigenvalue weighted by atomic mass is 9.93. The van der Waals surface area contributed by atoms with Crippen molar-refractivity contribution in [3.63, 3.8) is 0 Å². The van der Waals surface area contributed by atoms with Crippen molar-refractivity contribution in [2.24, 2.45) is 13.0 Å². The van der Waals surface area contributed by atoms with Crippen molar-refractivity contribution in [2.45, 2.75) is 33.1 Å². The van der Waals surface area contributed by atoms with Crippen LogP contribution in [0.1, 0.15) is 42.4 Å². The fraction of sp³-hybridized carbons (Fsp3) is 0.500. The molecule has 0 aromatic carbocycles. The first kappa shape index (κ1) is 19.1. The molecule has 3 rings (SSSR count). The van der Waals surface area contributed by atoms with Crippen molar-refractivity contribution in [1.29, 1.82) is 0 Å². The van der Waals surface area contributed by atoms with E-state index in [1.165, 1.54) is 0 Å². The van der Waals surface area contributed by atoms with Crippen LogP contribution < -0.4 is 0 Å². The van der Waals surface area contributed by atoms with Gasteiger partial charge < -0.3 is 9.64 Å². The average Bonchev–Trinajstić information content (AvgIpc) is 3.01. The molecule has 144 valence electrons. The highest BCUT2D eigenvalue weighted by Crippen LogP contribution is 2.25. The Balaban J connectivity index is 1.64. The smallest absolute Gasteiger partial charge is 0.306 e. The number of carbonyl (C=O) groups excluding carboxylic acids is 2. The largest absolute Gasteiger partial charge is 0.466 e. The Kier molecular flexibility index (Phi) is 5.88. The fourth-order valence-electron chi connectivity index (χ4n) is 3.45. The van der Waals surface area contributed by atoms with Crippen molar-refractivity contribution < 1.29 is 14.3 Å². The number of ether oxygens (including phenoxy) is 1. The number of likely N-dealkylation sites (tertiary alicyclic amines) is 1. The Morgan fingerprint density at radius 1 is 1.30 bits per heavy atom.